The maximum atomic E-state index is 12.6. The maximum Gasteiger partial charge on any atom is 0.257 e. The predicted molar refractivity (Wildman–Crippen MR) is 115 cm³/mol. The average Bonchev–Trinajstić information content (AvgIpc) is 2.75. The van der Waals surface area contributed by atoms with E-state index in [9.17, 15) is 9.59 Å². The summed E-state index contributed by atoms with van der Waals surface area (Å²) in [5.41, 5.74) is 2.51. The highest BCUT2D eigenvalue weighted by atomic mass is 16.5. The fourth-order valence-electron chi connectivity index (χ4n) is 3.12. The van der Waals surface area contributed by atoms with Gasteiger partial charge in [0.2, 0.25) is 11.9 Å². The zero-order valence-electron chi connectivity index (χ0n) is 16.5. The molecule has 3 aromatic rings. The van der Waals surface area contributed by atoms with Crippen LogP contribution < -0.4 is 15.4 Å². The Labute approximate surface area is 174 Å². The molecular formula is C24H21N3O3. The SMILES string of the molecule is Cc1ccc(C2CC(=O)NC(NC(=O)c3ccc(Oc4ccccc4)cc3)=N2)cc1. The summed E-state index contributed by atoms with van der Waals surface area (Å²) in [6, 6.07) is 23.7. The number of carbonyl (C=O) groups excluding carboxylic acids is 2. The molecule has 6 heteroatoms. The van der Waals surface area contributed by atoms with Crippen LogP contribution in [0.25, 0.3) is 0 Å². The van der Waals surface area contributed by atoms with Crippen LogP contribution in [-0.4, -0.2) is 17.8 Å². The second-order valence-corrected chi connectivity index (χ2v) is 7.05. The van der Waals surface area contributed by atoms with Gasteiger partial charge in [-0.05, 0) is 48.9 Å². The molecule has 1 unspecified atom stereocenters. The number of hydrogen-bond donors (Lipinski definition) is 2. The second-order valence-electron chi connectivity index (χ2n) is 7.05. The molecule has 0 aliphatic carbocycles. The Morgan fingerprint density at radius 1 is 0.967 bits per heavy atom. The van der Waals surface area contributed by atoms with E-state index in [1.54, 1.807) is 24.3 Å². The van der Waals surface area contributed by atoms with E-state index >= 15 is 0 Å². The summed E-state index contributed by atoms with van der Waals surface area (Å²) < 4.78 is 5.74. The molecule has 0 saturated carbocycles. The molecule has 1 atom stereocenters. The van der Waals surface area contributed by atoms with Crippen molar-refractivity contribution < 1.29 is 14.3 Å². The number of rotatable bonds is 4. The minimum absolute atomic E-state index is 0.159. The van der Waals surface area contributed by atoms with Crippen LogP contribution >= 0.6 is 0 Å². The van der Waals surface area contributed by atoms with Crippen molar-refractivity contribution in [2.75, 3.05) is 0 Å². The summed E-state index contributed by atoms with van der Waals surface area (Å²) in [6.07, 6.45) is 0.244. The van der Waals surface area contributed by atoms with Crippen molar-refractivity contribution in [3.05, 3.63) is 95.6 Å². The van der Waals surface area contributed by atoms with Gasteiger partial charge < -0.3 is 4.74 Å². The monoisotopic (exact) mass is 399 g/mol. The molecule has 0 spiro atoms. The van der Waals surface area contributed by atoms with Gasteiger partial charge >= 0.3 is 0 Å². The number of para-hydroxylation sites is 1. The highest BCUT2D eigenvalue weighted by Crippen LogP contribution is 2.24. The van der Waals surface area contributed by atoms with Gasteiger partial charge in [-0.15, -0.1) is 0 Å². The third-order valence-electron chi connectivity index (χ3n) is 4.71. The maximum absolute atomic E-state index is 12.6. The van der Waals surface area contributed by atoms with Crippen LogP contribution in [0.3, 0.4) is 0 Å². The Hall–Kier alpha value is -3.93. The van der Waals surface area contributed by atoms with Crippen LogP contribution in [0.5, 0.6) is 11.5 Å². The van der Waals surface area contributed by atoms with Gasteiger partial charge in [-0.1, -0.05) is 48.0 Å². The largest absolute Gasteiger partial charge is 0.457 e. The number of hydrogen-bond acceptors (Lipinski definition) is 4. The Kier molecular flexibility index (Phi) is 5.57. The summed E-state index contributed by atoms with van der Waals surface area (Å²) >= 11 is 0. The lowest BCUT2D eigenvalue weighted by Crippen LogP contribution is -2.47. The van der Waals surface area contributed by atoms with Crippen molar-refractivity contribution in [1.29, 1.82) is 0 Å². The van der Waals surface area contributed by atoms with Crippen LogP contribution in [0.4, 0.5) is 0 Å². The Morgan fingerprint density at radius 3 is 2.33 bits per heavy atom. The van der Waals surface area contributed by atoms with Gasteiger partial charge in [0.15, 0.2) is 0 Å². The van der Waals surface area contributed by atoms with E-state index in [1.807, 2.05) is 61.5 Å². The molecule has 0 bridgehead atoms. The highest BCUT2D eigenvalue weighted by Gasteiger charge is 2.23. The summed E-state index contributed by atoms with van der Waals surface area (Å²) in [7, 11) is 0. The highest BCUT2D eigenvalue weighted by molar-refractivity contribution is 6.10. The number of aryl methyl sites for hydroxylation is 1. The van der Waals surface area contributed by atoms with Crippen molar-refractivity contribution in [3.8, 4) is 11.5 Å². The Morgan fingerprint density at radius 2 is 1.63 bits per heavy atom. The normalized spacial score (nSPS) is 15.7. The van der Waals surface area contributed by atoms with Gasteiger partial charge in [0.1, 0.15) is 11.5 Å². The van der Waals surface area contributed by atoms with Crippen molar-refractivity contribution >= 4 is 17.8 Å². The van der Waals surface area contributed by atoms with Crippen molar-refractivity contribution in [2.24, 2.45) is 4.99 Å². The van der Waals surface area contributed by atoms with Gasteiger partial charge in [0.25, 0.3) is 5.91 Å². The topological polar surface area (TPSA) is 79.8 Å². The molecule has 150 valence electrons. The lowest BCUT2D eigenvalue weighted by molar-refractivity contribution is -0.120. The Balaban J connectivity index is 1.44. The minimum atomic E-state index is -0.357. The number of benzene rings is 3. The first-order chi connectivity index (χ1) is 14.6. The van der Waals surface area contributed by atoms with Gasteiger partial charge in [-0.3, -0.25) is 20.2 Å². The first kappa shape index (κ1) is 19.4. The van der Waals surface area contributed by atoms with Crippen LogP contribution in [0.15, 0.2) is 83.9 Å². The van der Waals surface area contributed by atoms with E-state index in [4.69, 9.17) is 4.74 Å². The number of ether oxygens (including phenoxy) is 1. The first-order valence-electron chi connectivity index (χ1n) is 9.65. The molecule has 1 heterocycles. The third-order valence-corrected chi connectivity index (χ3v) is 4.71. The molecule has 0 aromatic heterocycles. The van der Waals surface area contributed by atoms with Gasteiger partial charge in [0.05, 0.1) is 12.5 Å². The zero-order valence-corrected chi connectivity index (χ0v) is 16.5. The van der Waals surface area contributed by atoms with Crippen LogP contribution in [0, 0.1) is 6.92 Å². The van der Waals surface area contributed by atoms with E-state index in [-0.39, 0.29) is 30.2 Å². The van der Waals surface area contributed by atoms with E-state index in [0.717, 1.165) is 16.9 Å². The average molecular weight is 399 g/mol. The summed E-state index contributed by atoms with van der Waals surface area (Å²) in [5, 5.41) is 5.31. The molecule has 3 aromatic carbocycles. The molecule has 2 N–H and O–H groups in total. The molecule has 6 nitrogen and oxygen atoms in total. The number of carbonyl (C=O) groups is 2. The summed E-state index contributed by atoms with van der Waals surface area (Å²) in [6.45, 7) is 2.00. The first-order valence-corrected chi connectivity index (χ1v) is 9.65. The molecule has 30 heavy (non-hydrogen) atoms. The van der Waals surface area contributed by atoms with Crippen molar-refractivity contribution in [2.45, 2.75) is 19.4 Å². The van der Waals surface area contributed by atoms with Crippen molar-refractivity contribution in [1.82, 2.24) is 10.6 Å². The van der Waals surface area contributed by atoms with Gasteiger partial charge in [0, 0.05) is 5.56 Å². The number of guanidine groups is 1. The molecule has 0 saturated heterocycles. The van der Waals surface area contributed by atoms with Crippen molar-refractivity contribution in [3.63, 3.8) is 0 Å². The number of nitrogens with zero attached hydrogens (tertiary/aromatic N) is 1. The smallest absolute Gasteiger partial charge is 0.257 e. The van der Waals surface area contributed by atoms with Gasteiger partial charge in [-0.2, -0.15) is 0 Å². The lowest BCUT2D eigenvalue weighted by atomic mass is 10.0. The van der Waals surface area contributed by atoms with Crippen LogP contribution in [-0.2, 0) is 4.79 Å². The number of nitrogens with one attached hydrogen (secondary N) is 2. The van der Waals surface area contributed by atoms with E-state index in [0.29, 0.717) is 11.3 Å². The fraction of sp³-hybridized carbons (Fsp3) is 0.125. The van der Waals surface area contributed by atoms with Crippen LogP contribution in [0.1, 0.15) is 33.9 Å². The fourth-order valence-corrected chi connectivity index (χ4v) is 3.12. The summed E-state index contributed by atoms with van der Waals surface area (Å²) in [4.78, 5) is 29.2. The second kappa shape index (κ2) is 8.61. The minimum Gasteiger partial charge on any atom is -0.457 e. The van der Waals surface area contributed by atoms with E-state index in [2.05, 4.69) is 15.6 Å². The van der Waals surface area contributed by atoms with E-state index < -0.39 is 0 Å². The number of amides is 2. The van der Waals surface area contributed by atoms with E-state index in [1.165, 1.54) is 0 Å². The number of aliphatic imine (C=N–C) groups is 1. The molecule has 0 radical (unpaired) electrons. The molecule has 0 fully saturated rings. The standard InChI is InChI=1S/C24H21N3O3/c1-16-7-9-17(10-8-16)21-15-22(28)26-24(25-21)27-23(29)18-11-13-20(14-12-18)30-19-5-3-2-4-6-19/h2-14,21H,15H2,1H3,(H2,25,26,27,28,29). The molecule has 4 rings (SSSR count). The zero-order chi connectivity index (χ0) is 20.9. The Bertz CT molecular complexity index is 1070. The molecular weight excluding hydrogens is 378 g/mol. The van der Waals surface area contributed by atoms with Crippen LogP contribution in [0.2, 0.25) is 0 Å². The lowest BCUT2D eigenvalue weighted by Gasteiger charge is -2.21. The predicted octanol–water partition coefficient (Wildman–Crippen LogP) is 4.13. The summed E-state index contributed by atoms with van der Waals surface area (Å²) in [5.74, 6) is 0.963. The quantitative estimate of drug-likeness (QED) is 0.692. The molecule has 1 aliphatic heterocycles. The molecule has 1 aliphatic rings. The third kappa shape index (κ3) is 4.72. The van der Waals surface area contributed by atoms with Gasteiger partial charge in [-0.25, -0.2) is 4.99 Å². The molecule has 2 amide bonds.